The number of carbonyl (C=O) groups is 9. The van der Waals surface area contributed by atoms with E-state index in [-0.39, 0.29) is 79.8 Å². The van der Waals surface area contributed by atoms with Crippen molar-refractivity contribution in [3.8, 4) is 5.75 Å². The van der Waals surface area contributed by atoms with Crippen molar-refractivity contribution in [2.75, 3.05) is 45.1 Å². The number of urea groups is 1. The van der Waals surface area contributed by atoms with Gasteiger partial charge in [-0.2, -0.15) is 0 Å². The third-order valence-corrected chi connectivity index (χ3v) is 18.3. The van der Waals surface area contributed by atoms with E-state index in [1.54, 1.807) is 53.0 Å². The van der Waals surface area contributed by atoms with Crippen molar-refractivity contribution in [1.82, 2.24) is 15.5 Å². The van der Waals surface area contributed by atoms with Gasteiger partial charge in [-0.05, 0) is 121 Å². The van der Waals surface area contributed by atoms with E-state index >= 15 is 0 Å². The lowest BCUT2D eigenvalue weighted by molar-refractivity contribution is -0.187. The molecule has 0 aliphatic carbocycles. The van der Waals surface area contributed by atoms with Crippen molar-refractivity contribution in [2.45, 2.75) is 193 Å². The van der Waals surface area contributed by atoms with E-state index < -0.39 is 119 Å². The summed E-state index contributed by atoms with van der Waals surface area (Å²) in [5.74, 6) is -5.75. The van der Waals surface area contributed by atoms with Gasteiger partial charge in [0.2, 0.25) is 11.8 Å². The van der Waals surface area contributed by atoms with Gasteiger partial charge < -0.3 is 59.7 Å². The lowest BCUT2D eigenvalue weighted by Crippen LogP contribution is -2.53. The van der Waals surface area contributed by atoms with Crippen molar-refractivity contribution in [3.63, 3.8) is 0 Å². The molecule has 2 fully saturated rings. The molecule has 5 rings (SSSR count). The molecule has 4 bridgehead atoms. The van der Waals surface area contributed by atoms with Crippen LogP contribution in [0.15, 0.2) is 66.3 Å². The molecule has 3 heterocycles. The Kier molecular flexibility index (Phi) is 26.4. The Labute approximate surface area is 536 Å². The number of hydrogen-bond acceptors (Lipinski definition) is 16. The second-order valence-corrected chi connectivity index (χ2v) is 26.0. The number of fused-ring (bicyclic) bond motifs is 5. The number of anilines is 1. The van der Waals surface area contributed by atoms with Crippen LogP contribution in [-0.2, 0) is 70.1 Å². The van der Waals surface area contributed by atoms with Crippen molar-refractivity contribution in [2.24, 2.45) is 23.5 Å². The molecule has 0 aromatic heterocycles. The summed E-state index contributed by atoms with van der Waals surface area (Å²) >= 11 is 10.1. The highest BCUT2D eigenvalue weighted by atomic mass is 79.9. The van der Waals surface area contributed by atoms with Crippen LogP contribution in [0, 0.1) is 24.7 Å². The minimum absolute atomic E-state index is 0.0109. The SMILES string of the molecule is C=C(CBr)C(=O)OC(C)(C)CCCCC(=O)C[C@H](C(=O)N[C@@H](CCCNC(N)=O)C(=O)Cc1ccc(C(=O)N(C)[C@@H](C)C(=O)O[C@H]2CC(=O)N(C)c3cc(cc(C)c3Cl)C/C(C)=C/C=C/[C@@H](OC)[C@]3(O)CC(=O)O[C@@H](C3)[C@@H](C)[C@@H]3O[C@@]23C)c(OC)c1)C(C)C. The van der Waals surface area contributed by atoms with Crippen LogP contribution in [0.4, 0.5) is 10.5 Å². The second-order valence-electron chi connectivity index (χ2n) is 25.1. The Bertz CT molecular complexity index is 3040. The van der Waals surface area contributed by atoms with E-state index in [0.29, 0.717) is 47.5 Å². The van der Waals surface area contributed by atoms with Gasteiger partial charge in [0.15, 0.2) is 5.78 Å². The average molecular weight is 1330 g/mol. The lowest BCUT2D eigenvalue weighted by Gasteiger charge is -2.41. The molecule has 0 unspecified atom stereocenters. The maximum atomic E-state index is 14.5. The van der Waals surface area contributed by atoms with Crippen LogP contribution in [0.3, 0.4) is 0 Å². The van der Waals surface area contributed by atoms with Crippen LogP contribution >= 0.6 is 27.5 Å². The van der Waals surface area contributed by atoms with Crippen LogP contribution in [0.5, 0.6) is 5.75 Å². The highest BCUT2D eigenvalue weighted by Crippen LogP contribution is 2.50. The molecular weight excluding hydrogens is 1230 g/mol. The first-order chi connectivity index (χ1) is 41.7. The molecule has 0 spiro atoms. The highest BCUT2D eigenvalue weighted by Gasteiger charge is 2.64. The number of hydrogen-bond donors (Lipinski definition) is 4. The van der Waals surface area contributed by atoms with Crippen LogP contribution < -0.4 is 26.0 Å². The minimum Gasteiger partial charge on any atom is -0.496 e. The van der Waals surface area contributed by atoms with Gasteiger partial charge >= 0.3 is 23.9 Å². The van der Waals surface area contributed by atoms with Crippen molar-refractivity contribution >= 4 is 86.4 Å². The number of allylic oxidation sites excluding steroid dienone is 3. The number of nitrogens with two attached hydrogens (primary N) is 1. The van der Waals surface area contributed by atoms with Gasteiger partial charge in [0.1, 0.15) is 52.7 Å². The molecule has 3 aliphatic rings. The number of aliphatic hydroxyl groups is 1. The van der Waals surface area contributed by atoms with E-state index in [2.05, 4.69) is 33.1 Å². The zero-order valence-electron chi connectivity index (χ0n) is 53.7. The van der Waals surface area contributed by atoms with Crippen LogP contribution in [0.1, 0.15) is 147 Å². The number of alkyl halides is 1. The molecule has 10 atom stereocenters. The zero-order valence-corrected chi connectivity index (χ0v) is 56.1. The summed E-state index contributed by atoms with van der Waals surface area (Å²) in [5, 5.41) is 18.1. The molecule has 21 nitrogen and oxygen atoms in total. The van der Waals surface area contributed by atoms with Crippen LogP contribution in [-0.4, -0.2) is 157 Å². The summed E-state index contributed by atoms with van der Waals surface area (Å²) in [7, 11) is 5.77. The standard InChI is InChI=1S/C66H91BrClN5O16/c1-37(2)47(32-45(74)20-15-16-25-64(8,9)89-61(80)40(5)36-67)59(78)71-48(21-18-26-70-63(69)82)50(75)30-43-23-24-46(51(31-43)84-13)60(79)72(11)42(7)62(81)87-54-33-55(76)73(12)49-29-44(28-39(4)57(49)68)27-38(3)19-17-22-53(85-14)66(83)34-52(86-56(77)35-66)41(6)58-65(54,10)88-58/h17,19,22-24,28-29,31,37,41-42,47-48,52-54,58,83H,5,15-16,18,20-21,25-27,30,32-36H2,1-4,6-14H3,(H,71,78)(H3,69,70,82)/b22-17+,38-19+/t41-,42+,47+,48+,52+,53-,54+,58+,65+,66-/m1/s1. The van der Waals surface area contributed by atoms with Gasteiger partial charge in [0, 0.05) is 76.2 Å². The number of likely N-dealkylation sites (N-methyl/N-ethyl adjacent to an activating group) is 1. The average Bonchev–Trinajstić information content (AvgIpc) is 1.66. The largest absolute Gasteiger partial charge is 0.496 e. The first kappa shape index (κ1) is 73.3. The van der Waals surface area contributed by atoms with Gasteiger partial charge in [0.05, 0.1) is 48.4 Å². The number of epoxide rings is 1. The van der Waals surface area contributed by atoms with E-state index in [0.717, 1.165) is 21.6 Å². The predicted octanol–water partition coefficient (Wildman–Crippen LogP) is 8.50. The van der Waals surface area contributed by atoms with E-state index in [1.165, 1.54) is 45.2 Å². The number of benzene rings is 2. The van der Waals surface area contributed by atoms with Gasteiger partial charge in [-0.25, -0.2) is 14.4 Å². The molecule has 2 aromatic carbocycles. The van der Waals surface area contributed by atoms with Crippen molar-refractivity contribution in [3.05, 3.63) is 93.6 Å². The molecule has 490 valence electrons. The van der Waals surface area contributed by atoms with E-state index in [4.69, 9.17) is 45.8 Å². The number of esters is 3. The molecule has 2 aromatic rings. The second kappa shape index (κ2) is 32.0. The molecule has 5 amide bonds. The number of carbonyl (C=O) groups excluding carboxylic acids is 9. The quantitative estimate of drug-likeness (QED) is 0.0171. The maximum Gasteiger partial charge on any atom is 0.334 e. The fraction of sp³-hybridized carbons (Fsp3) is 0.591. The summed E-state index contributed by atoms with van der Waals surface area (Å²) in [6.07, 6.45) is 3.21. The molecule has 3 aliphatic heterocycles. The third kappa shape index (κ3) is 19.8. The van der Waals surface area contributed by atoms with Gasteiger partial charge in [-0.1, -0.05) is 90.8 Å². The Balaban J connectivity index is 1.33. The van der Waals surface area contributed by atoms with Gasteiger partial charge in [-0.15, -0.1) is 0 Å². The number of Topliss-reactive ketones (excluding diaryl/α,β-unsaturated/α-hetero) is 2. The first-order valence-electron chi connectivity index (χ1n) is 30.2. The number of methoxy groups -OCH3 is 2. The molecule has 0 radical (unpaired) electrons. The fourth-order valence-electron chi connectivity index (χ4n) is 11.4. The molecule has 2 saturated heterocycles. The summed E-state index contributed by atoms with van der Waals surface area (Å²) in [6.45, 7) is 19.7. The number of amides is 5. The summed E-state index contributed by atoms with van der Waals surface area (Å²) in [4.78, 5) is 125. The maximum absolute atomic E-state index is 14.5. The van der Waals surface area contributed by atoms with Crippen molar-refractivity contribution < 1.29 is 76.7 Å². The highest BCUT2D eigenvalue weighted by molar-refractivity contribution is 9.09. The topological polar surface area (TPSA) is 289 Å². The lowest BCUT2D eigenvalue weighted by atomic mass is 9.78. The van der Waals surface area contributed by atoms with Crippen molar-refractivity contribution in [1.29, 1.82) is 0 Å². The normalized spacial score (nSPS) is 24.1. The monoisotopic (exact) mass is 1320 g/mol. The molecule has 0 saturated carbocycles. The smallest absolute Gasteiger partial charge is 0.334 e. The molecule has 5 N–H and O–H groups in total. The summed E-state index contributed by atoms with van der Waals surface area (Å²) < 4.78 is 35.5. The molecule has 89 heavy (non-hydrogen) atoms. The Morgan fingerprint density at radius 2 is 1.74 bits per heavy atom. The van der Waals surface area contributed by atoms with Gasteiger partial charge in [-0.3, -0.25) is 28.8 Å². The number of nitrogens with one attached hydrogen (secondary N) is 2. The van der Waals surface area contributed by atoms with Crippen LogP contribution in [0.25, 0.3) is 0 Å². The zero-order chi connectivity index (χ0) is 66.5. The first-order valence-corrected chi connectivity index (χ1v) is 31.7. The number of halogens is 2. The third-order valence-electron chi connectivity index (χ3n) is 17.1. The Morgan fingerprint density at radius 1 is 1.04 bits per heavy atom. The number of ketones is 2. The Morgan fingerprint density at radius 3 is 2.38 bits per heavy atom. The number of ether oxygens (including phenoxy) is 6. The number of primary amides is 1. The number of rotatable bonds is 26. The molecular formula is C66H91BrClN5O16. The van der Waals surface area contributed by atoms with E-state index in [9.17, 15) is 48.3 Å². The van der Waals surface area contributed by atoms with Crippen LogP contribution in [0.2, 0.25) is 5.02 Å². The predicted molar refractivity (Wildman–Crippen MR) is 340 cm³/mol. The van der Waals surface area contributed by atoms with Gasteiger partial charge in [0.25, 0.3) is 5.91 Å². The summed E-state index contributed by atoms with van der Waals surface area (Å²) in [5.41, 5.74) is 5.23. The summed E-state index contributed by atoms with van der Waals surface area (Å²) in [6, 6.07) is 5.19. The molecule has 23 heteroatoms. The fourth-order valence-corrected chi connectivity index (χ4v) is 11.9. The minimum atomic E-state index is -1.65. The number of aryl methyl sites for hydroxylation is 1. The van der Waals surface area contributed by atoms with E-state index in [1.807, 2.05) is 45.9 Å². The number of unbranched alkanes of at least 4 members (excludes halogenated alkanes) is 1. The Hall–Kier alpha value is -6.46. The number of nitrogens with zero attached hydrogens (tertiary/aromatic N) is 2.